The number of piperidine rings is 1. The number of nitro benzene ring substituents is 1. The number of nitrogens with zero attached hydrogens (tertiary/aromatic N) is 2. The number of nitro groups is 1. The Bertz CT molecular complexity index is 510. The van der Waals surface area contributed by atoms with Crippen molar-refractivity contribution in [1.29, 1.82) is 0 Å². The number of benzene rings is 1. The van der Waals surface area contributed by atoms with Crippen molar-refractivity contribution in [3.63, 3.8) is 0 Å². The number of carbonyl (C=O) groups excluding carboxylic acids is 1. The Morgan fingerprint density at radius 1 is 1.35 bits per heavy atom. The Hall–Kier alpha value is -1.95. The topological polar surface area (TPSA) is 72.7 Å². The molecule has 20 heavy (non-hydrogen) atoms. The van der Waals surface area contributed by atoms with Gasteiger partial charge < -0.3 is 4.74 Å². The number of ether oxygens (including phenoxy) is 1. The van der Waals surface area contributed by atoms with E-state index in [4.69, 9.17) is 4.74 Å². The summed E-state index contributed by atoms with van der Waals surface area (Å²) in [5.74, 6) is -0.527. The number of hydrogen-bond acceptors (Lipinski definition) is 5. The summed E-state index contributed by atoms with van der Waals surface area (Å²) in [6.07, 6.45) is 3.37. The first-order chi connectivity index (χ1) is 9.63. The van der Waals surface area contributed by atoms with Crippen LogP contribution in [0, 0.1) is 10.1 Å². The molecule has 2 rings (SSSR count). The van der Waals surface area contributed by atoms with Gasteiger partial charge in [-0.3, -0.25) is 15.0 Å². The van der Waals surface area contributed by atoms with Crippen molar-refractivity contribution in [3.8, 4) is 0 Å². The van der Waals surface area contributed by atoms with E-state index in [0.29, 0.717) is 12.1 Å². The smallest absolute Gasteiger partial charge is 0.338 e. The van der Waals surface area contributed by atoms with E-state index in [1.54, 1.807) is 6.07 Å². The summed E-state index contributed by atoms with van der Waals surface area (Å²) >= 11 is 0. The lowest BCUT2D eigenvalue weighted by atomic mass is 10.0. The van der Waals surface area contributed by atoms with Gasteiger partial charge in [-0.25, -0.2) is 4.79 Å². The summed E-state index contributed by atoms with van der Waals surface area (Å²) in [7, 11) is 1.28. The molecule has 0 saturated carbocycles. The van der Waals surface area contributed by atoms with Gasteiger partial charge in [0.25, 0.3) is 5.69 Å². The number of carbonyl (C=O) groups is 1. The van der Waals surface area contributed by atoms with E-state index in [1.165, 1.54) is 25.7 Å². The molecule has 0 aliphatic carbocycles. The molecular formula is C14H18N2O4. The van der Waals surface area contributed by atoms with Crippen molar-refractivity contribution in [1.82, 2.24) is 4.90 Å². The zero-order chi connectivity index (χ0) is 14.5. The first-order valence-corrected chi connectivity index (χ1v) is 6.70. The van der Waals surface area contributed by atoms with Crippen molar-refractivity contribution < 1.29 is 14.5 Å². The molecule has 1 aromatic carbocycles. The lowest BCUT2D eigenvalue weighted by molar-refractivity contribution is -0.385. The number of esters is 1. The van der Waals surface area contributed by atoms with Gasteiger partial charge in [-0.05, 0) is 32.0 Å². The minimum absolute atomic E-state index is 0.0153. The zero-order valence-corrected chi connectivity index (χ0v) is 11.5. The van der Waals surface area contributed by atoms with Crippen LogP contribution in [-0.4, -0.2) is 36.0 Å². The Labute approximate surface area is 117 Å². The summed E-state index contributed by atoms with van der Waals surface area (Å²) in [6.45, 7) is 2.24. The number of likely N-dealkylation sites (tertiary alicyclic amines) is 1. The van der Waals surface area contributed by atoms with E-state index in [1.807, 2.05) is 0 Å². The summed E-state index contributed by atoms with van der Waals surface area (Å²) in [6, 6.07) is 4.54. The van der Waals surface area contributed by atoms with Gasteiger partial charge in [0.1, 0.15) is 0 Å². The fourth-order valence-electron chi connectivity index (χ4n) is 2.55. The maximum Gasteiger partial charge on any atom is 0.338 e. The van der Waals surface area contributed by atoms with Crippen LogP contribution in [0.4, 0.5) is 5.69 Å². The van der Waals surface area contributed by atoms with E-state index in [2.05, 4.69) is 4.90 Å². The molecule has 1 saturated heterocycles. The average Bonchev–Trinajstić information content (AvgIpc) is 2.47. The van der Waals surface area contributed by atoms with Gasteiger partial charge in [-0.15, -0.1) is 0 Å². The standard InChI is InChI=1S/C14H18N2O4/c1-20-14(17)11-6-5-7-13(16(18)19)12(11)10-15-8-3-2-4-9-15/h5-7H,2-4,8-10H2,1H3. The van der Waals surface area contributed by atoms with E-state index in [0.717, 1.165) is 25.9 Å². The van der Waals surface area contributed by atoms with E-state index >= 15 is 0 Å². The maximum absolute atomic E-state index is 11.8. The predicted octanol–water partition coefficient (Wildman–Crippen LogP) is 2.37. The molecule has 0 atom stereocenters. The minimum Gasteiger partial charge on any atom is -0.465 e. The molecular weight excluding hydrogens is 260 g/mol. The van der Waals surface area contributed by atoms with Crippen LogP contribution >= 0.6 is 0 Å². The molecule has 0 bridgehead atoms. The highest BCUT2D eigenvalue weighted by Crippen LogP contribution is 2.26. The van der Waals surface area contributed by atoms with Gasteiger partial charge in [0.2, 0.25) is 0 Å². The molecule has 1 aliphatic heterocycles. The molecule has 6 heteroatoms. The molecule has 0 radical (unpaired) electrons. The normalized spacial score (nSPS) is 15.8. The van der Waals surface area contributed by atoms with Crippen LogP contribution in [-0.2, 0) is 11.3 Å². The fraction of sp³-hybridized carbons (Fsp3) is 0.500. The second-order valence-electron chi connectivity index (χ2n) is 4.89. The van der Waals surface area contributed by atoms with E-state index in [-0.39, 0.29) is 11.3 Å². The quantitative estimate of drug-likeness (QED) is 0.480. The van der Waals surface area contributed by atoms with Gasteiger partial charge in [-0.1, -0.05) is 12.5 Å². The van der Waals surface area contributed by atoms with Crippen LogP contribution in [0.15, 0.2) is 18.2 Å². The maximum atomic E-state index is 11.8. The second kappa shape index (κ2) is 6.47. The highest BCUT2D eigenvalue weighted by molar-refractivity contribution is 5.92. The van der Waals surface area contributed by atoms with Crippen molar-refractivity contribution in [2.45, 2.75) is 25.8 Å². The molecule has 0 unspecified atom stereocenters. The Kier molecular flexibility index (Phi) is 4.68. The summed E-state index contributed by atoms with van der Waals surface area (Å²) in [4.78, 5) is 24.7. The number of rotatable bonds is 4. The van der Waals surface area contributed by atoms with Gasteiger partial charge >= 0.3 is 5.97 Å². The van der Waals surface area contributed by atoms with Crippen LogP contribution in [0.3, 0.4) is 0 Å². The summed E-state index contributed by atoms with van der Waals surface area (Å²) < 4.78 is 4.72. The minimum atomic E-state index is -0.527. The largest absolute Gasteiger partial charge is 0.465 e. The van der Waals surface area contributed by atoms with Crippen LogP contribution in [0.1, 0.15) is 35.2 Å². The van der Waals surface area contributed by atoms with Crippen LogP contribution in [0.5, 0.6) is 0 Å². The SMILES string of the molecule is COC(=O)c1cccc([N+](=O)[O-])c1CN1CCCCC1. The van der Waals surface area contributed by atoms with Crippen molar-refractivity contribution in [2.24, 2.45) is 0 Å². The number of hydrogen-bond donors (Lipinski definition) is 0. The summed E-state index contributed by atoms with van der Waals surface area (Å²) in [5, 5.41) is 11.2. The van der Waals surface area contributed by atoms with Gasteiger partial charge in [0, 0.05) is 12.6 Å². The molecule has 0 N–H and O–H groups in total. The molecule has 1 aromatic rings. The van der Waals surface area contributed by atoms with Gasteiger partial charge in [0.05, 0.1) is 23.2 Å². The third-order valence-electron chi connectivity index (χ3n) is 3.58. The van der Waals surface area contributed by atoms with Crippen LogP contribution in [0.2, 0.25) is 0 Å². The van der Waals surface area contributed by atoms with Gasteiger partial charge in [-0.2, -0.15) is 0 Å². The molecule has 0 aromatic heterocycles. The third-order valence-corrected chi connectivity index (χ3v) is 3.58. The Morgan fingerprint density at radius 2 is 2.05 bits per heavy atom. The monoisotopic (exact) mass is 278 g/mol. The van der Waals surface area contributed by atoms with Crippen molar-refractivity contribution in [3.05, 3.63) is 39.4 Å². The van der Waals surface area contributed by atoms with Crippen LogP contribution < -0.4 is 0 Å². The first kappa shape index (κ1) is 14.5. The lowest BCUT2D eigenvalue weighted by Gasteiger charge is -2.26. The highest BCUT2D eigenvalue weighted by Gasteiger charge is 2.24. The predicted molar refractivity (Wildman–Crippen MR) is 73.6 cm³/mol. The molecule has 1 fully saturated rings. The van der Waals surface area contributed by atoms with E-state index in [9.17, 15) is 14.9 Å². The number of methoxy groups -OCH3 is 1. The summed E-state index contributed by atoms with van der Waals surface area (Å²) in [5.41, 5.74) is 0.719. The highest BCUT2D eigenvalue weighted by atomic mass is 16.6. The molecule has 0 spiro atoms. The zero-order valence-electron chi connectivity index (χ0n) is 11.5. The van der Waals surface area contributed by atoms with Crippen molar-refractivity contribution in [2.75, 3.05) is 20.2 Å². The molecule has 0 amide bonds. The first-order valence-electron chi connectivity index (χ1n) is 6.70. The van der Waals surface area contributed by atoms with Crippen molar-refractivity contribution >= 4 is 11.7 Å². The third kappa shape index (κ3) is 3.14. The Balaban J connectivity index is 2.35. The fourth-order valence-corrected chi connectivity index (χ4v) is 2.55. The molecule has 1 aliphatic rings. The second-order valence-corrected chi connectivity index (χ2v) is 4.89. The Morgan fingerprint density at radius 3 is 2.65 bits per heavy atom. The van der Waals surface area contributed by atoms with E-state index < -0.39 is 10.9 Å². The van der Waals surface area contributed by atoms with Crippen LogP contribution in [0.25, 0.3) is 0 Å². The molecule has 108 valence electrons. The molecule has 6 nitrogen and oxygen atoms in total. The lowest BCUT2D eigenvalue weighted by Crippen LogP contribution is -2.30. The van der Waals surface area contributed by atoms with Gasteiger partial charge in [0.15, 0.2) is 0 Å². The molecule has 1 heterocycles. The average molecular weight is 278 g/mol.